The molecule has 0 saturated heterocycles. The Morgan fingerprint density at radius 1 is 1.05 bits per heavy atom. The molecule has 2 heterocycles. The summed E-state index contributed by atoms with van der Waals surface area (Å²) in [6.07, 6.45) is 5.45. The maximum atomic E-state index is 15.2. The molecule has 5 rings (SSSR count). The van der Waals surface area contributed by atoms with Gasteiger partial charge in [-0.1, -0.05) is 80.1 Å². The van der Waals surface area contributed by atoms with Crippen LogP contribution in [0.1, 0.15) is 60.6 Å². The van der Waals surface area contributed by atoms with E-state index < -0.39 is 18.0 Å². The Morgan fingerprint density at radius 3 is 2.50 bits per heavy atom. The van der Waals surface area contributed by atoms with Crippen LogP contribution in [0.2, 0.25) is 0 Å². The molecule has 4 aromatic rings. The number of fused-ring (bicyclic) bond motifs is 1. The molecule has 0 fully saturated rings. The van der Waals surface area contributed by atoms with Crippen molar-refractivity contribution in [1.82, 2.24) is 10.3 Å². The second kappa shape index (κ2) is 14.6. The van der Waals surface area contributed by atoms with Gasteiger partial charge in [-0.2, -0.15) is 4.57 Å². The fraction of sp³-hybridized carbons (Fsp3) is 0.314. The van der Waals surface area contributed by atoms with Crippen molar-refractivity contribution < 1.29 is 28.4 Å². The molecule has 2 unspecified atom stereocenters. The number of aromatic nitrogens is 2. The molecule has 1 aromatic heterocycles. The quantitative estimate of drug-likeness (QED) is 0.114. The number of hydrogen-bond acceptors (Lipinski definition) is 5. The molecular weight excluding hydrogens is 559 g/mol. The molecule has 1 aliphatic rings. The number of nitrogens with one attached hydrogen (secondary N) is 2. The standard InChI is InChI=1S/C35H37FN4O4/c1-2-27(16-10-5-11-19-37-35(42)43)44-32-18-17-25(20-28(32)36)22-30-34(41)40-23-31(26-14-8-4-9-15-26)38-29(33(40)39-30)21-24-12-6-3-7-13-24/h3-4,6-9,12-15,17-18,20,23,27,30,37H,2,5,10-11,16,19,21-22H2,1H3,(H,42,43)/p+1. The fourth-order valence-electron chi connectivity index (χ4n) is 5.47. The van der Waals surface area contributed by atoms with E-state index in [0.29, 0.717) is 36.5 Å². The molecule has 9 heteroatoms. The number of carbonyl (C=O) groups is 2. The number of carboxylic acid groups (broad SMARTS) is 1. The molecule has 0 saturated carbocycles. The second-order valence-corrected chi connectivity index (χ2v) is 11.1. The first-order valence-corrected chi connectivity index (χ1v) is 15.2. The van der Waals surface area contributed by atoms with Gasteiger partial charge in [-0.15, -0.1) is 0 Å². The Kier molecular flexibility index (Phi) is 10.2. The highest BCUT2D eigenvalue weighted by Crippen LogP contribution is 2.27. The molecule has 0 aliphatic carbocycles. The third kappa shape index (κ3) is 7.78. The molecule has 3 aromatic carbocycles. The van der Waals surface area contributed by atoms with Crippen molar-refractivity contribution in [3.8, 4) is 17.0 Å². The zero-order valence-corrected chi connectivity index (χ0v) is 24.8. The zero-order valence-electron chi connectivity index (χ0n) is 24.8. The fourth-order valence-corrected chi connectivity index (χ4v) is 5.47. The number of halogens is 1. The molecule has 2 atom stereocenters. The third-order valence-electron chi connectivity index (χ3n) is 7.82. The van der Waals surface area contributed by atoms with Gasteiger partial charge in [-0.3, -0.25) is 5.32 Å². The third-order valence-corrected chi connectivity index (χ3v) is 7.82. The van der Waals surface area contributed by atoms with Gasteiger partial charge in [0.2, 0.25) is 0 Å². The number of anilines is 1. The number of rotatable bonds is 14. The van der Waals surface area contributed by atoms with Crippen LogP contribution >= 0.6 is 0 Å². The van der Waals surface area contributed by atoms with Crippen molar-refractivity contribution in [3.05, 3.63) is 108 Å². The minimum Gasteiger partial charge on any atom is -0.487 e. The van der Waals surface area contributed by atoms with Gasteiger partial charge in [0, 0.05) is 24.9 Å². The van der Waals surface area contributed by atoms with E-state index in [9.17, 15) is 9.59 Å². The van der Waals surface area contributed by atoms with Crippen LogP contribution < -0.4 is 19.9 Å². The molecule has 228 valence electrons. The maximum absolute atomic E-state index is 15.2. The highest BCUT2D eigenvalue weighted by molar-refractivity contribution is 5.82. The molecule has 3 N–H and O–H groups in total. The minimum absolute atomic E-state index is 0.112. The summed E-state index contributed by atoms with van der Waals surface area (Å²) in [5, 5.41) is 14.4. The molecule has 0 radical (unpaired) electrons. The summed E-state index contributed by atoms with van der Waals surface area (Å²) in [5.41, 5.74) is 4.18. The van der Waals surface area contributed by atoms with Gasteiger partial charge in [0.05, 0.1) is 6.10 Å². The van der Waals surface area contributed by atoms with Crippen LogP contribution in [-0.2, 0) is 12.8 Å². The number of nitrogens with zero attached hydrogens (tertiary/aromatic N) is 2. The van der Waals surface area contributed by atoms with E-state index in [4.69, 9.17) is 14.8 Å². The van der Waals surface area contributed by atoms with Crippen molar-refractivity contribution in [3.63, 3.8) is 0 Å². The summed E-state index contributed by atoms with van der Waals surface area (Å²) in [7, 11) is 0. The van der Waals surface area contributed by atoms with Gasteiger partial charge in [0.15, 0.2) is 17.6 Å². The van der Waals surface area contributed by atoms with E-state index in [-0.39, 0.29) is 17.8 Å². The summed E-state index contributed by atoms with van der Waals surface area (Å²) in [5.74, 6) is 0.283. The number of amides is 1. The maximum Gasteiger partial charge on any atom is 0.404 e. The van der Waals surface area contributed by atoms with Crippen molar-refractivity contribution in [2.45, 2.75) is 64.0 Å². The summed E-state index contributed by atoms with van der Waals surface area (Å²) in [6, 6.07) is 24.1. The van der Waals surface area contributed by atoms with E-state index in [1.165, 1.54) is 6.07 Å². The van der Waals surface area contributed by atoms with E-state index in [0.717, 1.165) is 48.9 Å². The predicted octanol–water partition coefficient (Wildman–Crippen LogP) is 6.43. The lowest BCUT2D eigenvalue weighted by atomic mass is 10.0. The highest BCUT2D eigenvalue weighted by Gasteiger charge is 2.41. The molecule has 1 aliphatic heterocycles. The molecule has 8 nitrogen and oxygen atoms in total. The number of ether oxygens (including phenoxy) is 1. The lowest BCUT2D eigenvalue weighted by Gasteiger charge is -2.18. The zero-order chi connectivity index (χ0) is 30.9. The first kappa shape index (κ1) is 30.7. The topological polar surface area (TPSA) is 104 Å². The first-order chi connectivity index (χ1) is 21.4. The van der Waals surface area contributed by atoms with Gasteiger partial charge >= 0.3 is 17.8 Å². The average Bonchev–Trinajstić information content (AvgIpc) is 3.35. The summed E-state index contributed by atoms with van der Waals surface area (Å²) in [6.45, 7) is 2.42. The Hall–Kier alpha value is -4.79. The van der Waals surface area contributed by atoms with Gasteiger partial charge in [-0.05, 0) is 48.9 Å². The lowest BCUT2D eigenvalue weighted by Crippen LogP contribution is -2.44. The Labute approximate surface area is 256 Å². The Balaban J connectivity index is 1.27. The van der Waals surface area contributed by atoms with E-state index in [2.05, 4.69) is 10.6 Å². The van der Waals surface area contributed by atoms with Crippen LogP contribution in [0.3, 0.4) is 0 Å². The Bertz CT molecular complexity index is 1580. The molecule has 44 heavy (non-hydrogen) atoms. The lowest BCUT2D eigenvalue weighted by molar-refractivity contribution is -0.552. The molecular formula is C35H38FN4O4+. The van der Waals surface area contributed by atoms with Gasteiger partial charge in [0.25, 0.3) is 0 Å². The number of benzene rings is 3. The van der Waals surface area contributed by atoms with Crippen molar-refractivity contribution in [2.24, 2.45) is 0 Å². The monoisotopic (exact) mass is 597 g/mol. The van der Waals surface area contributed by atoms with Crippen LogP contribution in [0.15, 0.2) is 85.1 Å². The van der Waals surface area contributed by atoms with Crippen molar-refractivity contribution in [1.29, 1.82) is 0 Å². The van der Waals surface area contributed by atoms with Crippen LogP contribution in [0.4, 0.5) is 15.0 Å². The number of hydrogen-bond donors (Lipinski definition) is 3. The minimum atomic E-state index is -1.02. The molecule has 1 amide bonds. The summed E-state index contributed by atoms with van der Waals surface area (Å²) < 4.78 is 22.8. The largest absolute Gasteiger partial charge is 0.487 e. The second-order valence-electron chi connectivity index (χ2n) is 11.1. The first-order valence-electron chi connectivity index (χ1n) is 15.2. The molecule has 0 bridgehead atoms. The van der Waals surface area contributed by atoms with E-state index in [1.807, 2.05) is 73.7 Å². The van der Waals surface area contributed by atoms with E-state index in [1.54, 1.807) is 16.8 Å². The smallest absolute Gasteiger partial charge is 0.404 e. The normalized spacial score (nSPS) is 14.5. The number of unbranched alkanes of at least 4 members (excludes halogenated alkanes) is 2. The SMILES string of the molecule is CCC(CCCCCNC(=O)O)Oc1ccc(CC2Nc3c(Cc4ccccc4)nc(-c4ccccc4)c[n+]3C2=O)cc1F. The number of carbonyl (C=O) groups excluding carboxylic acids is 1. The van der Waals surface area contributed by atoms with Crippen LogP contribution in [0.5, 0.6) is 5.75 Å². The van der Waals surface area contributed by atoms with Gasteiger partial charge in [0.1, 0.15) is 17.6 Å². The molecule has 0 spiro atoms. The van der Waals surface area contributed by atoms with Crippen molar-refractivity contribution >= 4 is 17.8 Å². The Morgan fingerprint density at radius 2 is 1.80 bits per heavy atom. The van der Waals surface area contributed by atoms with Crippen LogP contribution in [0.25, 0.3) is 11.3 Å². The predicted molar refractivity (Wildman–Crippen MR) is 166 cm³/mol. The van der Waals surface area contributed by atoms with Gasteiger partial charge in [-0.25, -0.2) is 19.0 Å². The van der Waals surface area contributed by atoms with E-state index >= 15 is 4.39 Å². The summed E-state index contributed by atoms with van der Waals surface area (Å²) >= 11 is 0. The average molecular weight is 598 g/mol. The van der Waals surface area contributed by atoms with Crippen LogP contribution in [-0.4, -0.2) is 40.8 Å². The van der Waals surface area contributed by atoms with Crippen molar-refractivity contribution in [2.75, 3.05) is 11.9 Å². The van der Waals surface area contributed by atoms with Crippen LogP contribution in [0, 0.1) is 5.82 Å². The highest BCUT2D eigenvalue weighted by atomic mass is 19.1. The van der Waals surface area contributed by atoms with Gasteiger partial charge < -0.3 is 15.2 Å². The summed E-state index contributed by atoms with van der Waals surface area (Å²) in [4.78, 5) is 29.2.